The highest BCUT2D eigenvalue weighted by molar-refractivity contribution is 9.10. The van der Waals surface area contributed by atoms with Gasteiger partial charge in [0.15, 0.2) is 0 Å². The number of piperidine rings is 1. The van der Waals surface area contributed by atoms with Crippen molar-refractivity contribution in [3.63, 3.8) is 0 Å². The molecule has 2 aromatic carbocycles. The molecule has 0 unspecified atom stereocenters. The van der Waals surface area contributed by atoms with Gasteiger partial charge in [-0.2, -0.15) is 0 Å². The van der Waals surface area contributed by atoms with Crippen LogP contribution in [0.1, 0.15) is 34.3 Å². The summed E-state index contributed by atoms with van der Waals surface area (Å²) in [5.41, 5.74) is 3.32. The van der Waals surface area contributed by atoms with E-state index in [9.17, 15) is 14.4 Å². The van der Waals surface area contributed by atoms with Crippen LogP contribution >= 0.6 is 15.9 Å². The summed E-state index contributed by atoms with van der Waals surface area (Å²) in [5, 5.41) is 5.54. The van der Waals surface area contributed by atoms with Crippen LogP contribution in [0.3, 0.4) is 0 Å². The largest absolute Gasteiger partial charge is 0.347 e. The van der Waals surface area contributed by atoms with Gasteiger partial charge in [-0.1, -0.05) is 34.1 Å². The highest BCUT2D eigenvalue weighted by atomic mass is 79.9. The second kappa shape index (κ2) is 9.89. The second-order valence-electron chi connectivity index (χ2n) is 7.61. The molecule has 0 radical (unpaired) electrons. The van der Waals surface area contributed by atoms with Crippen LogP contribution in [0.25, 0.3) is 0 Å². The fourth-order valence-corrected chi connectivity index (χ4v) is 4.08. The number of amides is 3. The molecule has 0 aromatic heterocycles. The Morgan fingerprint density at radius 1 is 1.03 bits per heavy atom. The third kappa shape index (κ3) is 5.48. The van der Waals surface area contributed by atoms with Crippen LogP contribution in [0.5, 0.6) is 0 Å². The number of nitrogens with one attached hydrogen (secondary N) is 2. The van der Waals surface area contributed by atoms with Crippen LogP contribution in [0.2, 0.25) is 0 Å². The standard InChI is InChI=1S/C23H26BrN3O3/c1-15-5-3-4-6-19(15)23(30)27-11-9-17(10-12-27)22(29)25-14-21(28)26-20-8-7-18(24)13-16(20)2/h3-8,13,17H,9-12,14H2,1-2H3,(H,25,29)(H,26,28). The molecule has 1 fully saturated rings. The summed E-state index contributed by atoms with van der Waals surface area (Å²) in [6, 6.07) is 13.1. The molecule has 2 N–H and O–H groups in total. The first-order valence-electron chi connectivity index (χ1n) is 10.0. The van der Waals surface area contributed by atoms with Gasteiger partial charge in [0.1, 0.15) is 0 Å². The quantitative estimate of drug-likeness (QED) is 0.697. The lowest BCUT2D eigenvalue weighted by atomic mass is 9.95. The van der Waals surface area contributed by atoms with Crippen LogP contribution in [0, 0.1) is 19.8 Å². The minimum Gasteiger partial charge on any atom is -0.347 e. The van der Waals surface area contributed by atoms with Gasteiger partial charge in [-0.25, -0.2) is 0 Å². The predicted molar refractivity (Wildman–Crippen MR) is 120 cm³/mol. The van der Waals surface area contributed by atoms with Crippen LogP contribution in [0.15, 0.2) is 46.9 Å². The minimum atomic E-state index is -0.263. The molecule has 0 atom stereocenters. The van der Waals surface area contributed by atoms with Crippen molar-refractivity contribution in [3.05, 3.63) is 63.6 Å². The van der Waals surface area contributed by atoms with Gasteiger partial charge in [0, 0.05) is 34.7 Å². The number of anilines is 1. The van der Waals surface area contributed by atoms with Crippen LogP contribution in [-0.4, -0.2) is 42.3 Å². The Hall–Kier alpha value is -2.67. The number of aryl methyl sites for hydroxylation is 2. The molecule has 3 amide bonds. The van der Waals surface area contributed by atoms with Crippen molar-refractivity contribution in [1.82, 2.24) is 10.2 Å². The maximum absolute atomic E-state index is 12.7. The number of benzene rings is 2. The third-order valence-corrected chi connectivity index (χ3v) is 5.91. The van der Waals surface area contributed by atoms with E-state index in [1.54, 1.807) is 4.90 Å². The Bertz CT molecular complexity index is 952. The lowest BCUT2D eigenvalue weighted by Gasteiger charge is -2.31. The molecule has 0 aliphatic carbocycles. The Labute approximate surface area is 185 Å². The molecule has 2 aromatic rings. The molecule has 30 heavy (non-hydrogen) atoms. The van der Waals surface area contributed by atoms with E-state index in [1.165, 1.54) is 0 Å². The fraction of sp³-hybridized carbons (Fsp3) is 0.348. The fourth-order valence-electron chi connectivity index (χ4n) is 3.60. The van der Waals surface area contributed by atoms with Crippen LogP contribution < -0.4 is 10.6 Å². The van der Waals surface area contributed by atoms with Gasteiger partial charge in [-0.05, 0) is 62.1 Å². The molecule has 1 heterocycles. The number of carbonyl (C=O) groups is 3. The Morgan fingerprint density at radius 2 is 1.73 bits per heavy atom. The second-order valence-corrected chi connectivity index (χ2v) is 8.52. The molecule has 1 saturated heterocycles. The molecular weight excluding hydrogens is 446 g/mol. The molecule has 1 aliphatic heterocycles. The van der Waals surface area contributed by atoms with E-state index in [1.807, 2.05) is 56.3 Å². The van der Waals surface area contributed by atoms with Crippen molar-refractivity contribution in [2.75, 3.05) is 25.0 Å². The summed E-state index contributed by atoms with van der Waals surface area (Å²) in [6.45, 7) is 4.83. The number of hydrogen-bond acceptors (Lipinski definition) is 3. The SMILES string of the molecule is Cc1cc(Br)ccc1NC(=O)CNC(=O)C1CCN(C(=O)c2ccccc2C)CC1. The van der Waals surface area contributed by atoms with Crippen molar-refractivity contribution >= 4 is 39.3 Å². The number of nitrogens with zero attached hydrogens (tertiary/aromatic N) is 1. The Kier molecular flexibility index (Phi) is 7.26. The van der Waals surface area contributed by atoms with Gasteiger partial charge in [-0.3, -0.25) is 14.4 Å². The van der Waals surface area contributed by atoms with Gasteiger partial charge in [0.25, 0.3) is 5.91 Å². The van der Waals surface area contributed by atoms with Crippen molar-refractivity contribution in [3.8, 4) is 0 Å². The van der Waals surface area contributed by atoms with Crippen molar-refractivity contribution in [2.45, 2.75) is 26.7 Å². The number of halogens is 1. The van der Waals surface area contributed by atoms with Crippen molar-refractivity contribution < 1.29 is 14.4 Å². The Balaban J connectivity index is 1.45. The number of likely N-dealkylation sites (tertiary alicyclic amines) is 1. The van der Waals surface area contributed by atoms with Gasteiger partial charge >= 0.3 is 0 Å². The molecular formula is C23H26BrN3O3. The molecule has 0 spiro atoms. The van der Waals surface area contributed by atoms with Gasteiger partial charge in [0.2, 0.25) is 11.8 Å². The highest BCUT2D eigenvalue weighted by Gasteiger charge is 2.28. The molecule has 1 aliphatic rings. The molecule has 3 rings (SSSR count). The summed E-state index contributed by atoms with van der Waals surface area (Å²) >= 11 is 3.39. The normalized spacial score (nSPS) is 14.3. The lowest BCUT2D eigenvalue weighted by Crippen LogP contribution is -2.44. The zero-order valence-corrected chi connectivity index (χ0v) is 18.8. The van der Waals surface area contributed by atoms with E-state index in [2.05, 4.69) is 26.6 Å². The average molecular weight is 472 g/mol. The summed E-state index contributed by atoms with van der Waals surface area (Å²) in [5.74, 6) is -0.578. The van der Waals surface area contributed by atoms with Gasteiger partial charge in [0.05, 0.1) is 6.54 Å². The number of rotatable bonds is 5. The smallest absolute Gasteiger partial charge is 0.254 e. The monoisotopic (exact) mass is 471 g/mol. The van der Waals surface area contributed by atoms with Crippen molar-refractivity contribution in [1.29, 1.82) is 0 Å². The van der Waals surface area contributed by atoms with Gasteiger partial charge in [-0.15, -0.1) is 0 Å². The third-order valence-electron chi connectivity index (χ3n) is 5.41. The average Bonchev–Trinajstić information content (AvgIpc) is 2.74. The summed E-state index contributed by atoms with van der Waals surface area (Å²) in [6.07, 6.45) is 1.19. The topological polar surface area (TPSA) is 78.5 Å². The zero-order valence-electron chi connectivity index (χ0n) is 17.2. The van der Waals surface area contributed by atoms with E-state index in [0.29, 0.717) is 31.5 Å². The van der Waals surface area contributed by atoms with E-state index < -0.39 is 0 Å². The van der Waals surface area contributed by atoms with E-state index in [0.717, 1.165) is 21.3 Å². The first-order valence-corrected chi connectivity index (χ1v) is 10.8. The maximum atomic E-state index is 12.7. The summed E-state index contributed by atoms with van der Waals surface area (Å²) in [7, 11) is 0. The zero-order chi connectivity index (χ0) is 21.7. The molecule has 7 heteroatoms. The van der Waals surface area contributed by atoms with Crippen LogP contribution in [-0.2, 0) is 9.59 Å². The first-order chi connectivity index (χ1) is 14.3. The molecule has 0 bridgehead atoms. The summed E-state index contributed by atoms with van der Waals surface area (Å²) in [4.78, 5) is 39.1. The number of hydrogen-bond donors (Lipinski definition) is 2. The highest BCUT2D eigenvalue weighted by Crippen LogP contribution is 2.21. The molecule has 158 valence electrons. The lowest BCUT2D eigenvalue weighted by molar-refractivity contribution is -0.128. The van der Waals surface area contributed by atoms with E-state index in [-0.39, 0.29) is 30.2 Å². The van der Waals surface area contributed by atoms with Crippen molar-refractivity contribution in [2.24, 2.45) is 5.92 Å². The maximum Gasteiger partial charge on any atom is 0.254 e. The minimum absolute atomic E-state index is 0.0104. The first kappa shape index (κ1) is 22.0. The van der Waals surface area contributed by atoms with Crippen LogP contribution in [0.4, 0.5) is 5.69 Å². The van der Waals surface area contributed by atoms with Gasteiger partial charge < -0.3 is 15.5 Å². The summed E-state index contributed by atoms with van der Waals surface area (Å²) < 4.78 is 0.943. The molecule has 6 nitrogen and oxygen atoms in total. The van der Waals surface area contributed by atoms with E-state index >= 15 is 0 Å². The Morgan fingerprint density at radius 3 is 2.40 bits per heavy atom. The number of carbonyl (C=O) groups excluding carboxylic acids is 3. The van der Waals surface area contributed by atoms with E-state index in [4.69, 9.17) is 0 Å². The molecule has 0 saturated carbocycles. The predicted octanol–water partition coefficient (Wildman–Crippen LogP) is 3.67.